The lowest BCUT2D eigenvalue weighted by molar-refractivity contribution is 0.475. The van der Waals surface area contributed by atoms with Gasteiger partial charge < -0.3 is 5.11 Å². The van der Waals surface area contributed by atoms with Crippen molar-refractivity contribution >= 4 is 0 Å². The second-order valence-electron chi connectivity index (χ2n) is 8.03. The van der Waals surface area contributed by atoms with Gasteiger partial charge in [-0.15, -0.1) is 0 Å². The standard InChI is InChI=1S/C28H25N3O2/c1-3-7-27-26(28(33)31(19(2)30-27)23-11-13-24(32)14-12-23)17-20-10-15-25(22(16-20)18-29)21-8-5-4-6-9-21/h4-6,8-16,32H,3,7,17H2,1-2H3. The fraction of sp³-hybridized carbons (Fsp3) is 0.179. The van der Waals surface area contributed by atoms with Crippen LogP contribution in [0.2, 0.25) is 0 Å². The van der Waals surface area contributed by atoms with E-state index in [0.29, 0.717) is 35.5 Å². The van der Waals surface area contributed by atoms with E-state index in [0.717, 1.165) is 28.8 Å². The van der Waals surface area contributed by atoms with Gasteiger partial charge in [0.1, 0.15) is 11.6 Å². The van der Waals surface area contributed by atoms with Crippen LogP contribution in [0, 0.1) is 18.3 Å². The number of benzene rings is 3. The maximum absolute atomic E-state index is 13.6. The molecule has 4 aromatic rings. The molecule has 0 spiro atoms. The van der Waals surface area contributed by atoms with Crippen LogP contribution >= 0.6 is 0 Å². The predicted molar refractivity (Wildman–Crippen MR) is 130 cm³/mol. The lowest BCUT2D eigenvalue weighted by atomic mass is 9.95. The van der Waals surface area contributed by atoms with Gasteiger partial charge in [0.2, 0.25) is 0 Å². The van der Waals surface area contributed by atoms with Crippen LogP contribution in [-0.4, -0.2) is 14.7 Å². The van der Waals surface area contributed by atoms with Crippen LogP contribution in [0.3, 0.4) is 0 Å². The summed E-state index contributed by atoms with van der Waals surface area (Å²) in [6, 6.07) is 24.4. The van der Waals surface area contributed by atoms with Gasteiger partial charge >= 0.3 is 0 Å². The number of nitrogens with zero attached hydrogens (tertiary/aromatic N) is 3. The third-order valence-electron chi connectivity index (χ3n) is 5.69. The minimum atomic E-state index is -0.123. The molecule has 0 saturated heterocycles. The molecule has 0 aliphatic carbocycles. The van der Waals surface area contributed by atoms with Crippen molar-refractivity contribution in [2.75, 3.05) is 0 Å². The molecule has 5 heteroatoms. The zero-order valence-electron chi connectivity index (χ0n) is 18.7. The fourth-order valence-corrected chi connectivity index (χ4v) is 4.11. The number of hydrogen-bond acceptors (Lipinski definition) is 4. The minimum Gasteiger partial charge on any atom is -0.508 e. The zero-order valence-corrected chi connectivity index (χ0v) is 18.7. The highest BCUT2D eigenvalue weighted by Gasteiger charge is 2.17. The molecule has 0 atom stereocenters. The monoisotopic (exact) mass is 435 g/mol. The lowest BCUT2D eigenvalue weighted by Crippen LogP contribution is -2.28. The Hall–Kier alpha value is -4.17. The number of phenols is 1. The Balaban J connectivity index is 1.80. The van der Waals surface area contributed by atoms with E-state index in [1.807, 2.05) is 55.5 Å². The molecule has 0 aliphatic heterocycles. The van der Waals surface area contributed by atoms with E-state index in [4.69, 9.17) is 4.98 Å². The van der Waals surface area contributed by atoms with Crippen LogP contribution < -0.4 is 5.56 Å². The first-order valence-electron chi connectivity index (χ1n) is 11.0. The van der Waals surface area contributed by atoms with Crippen molar-refractivity contribution in [3.8, 4) is 28.6 Å². The molecule has 5 nitrogen and oxygen atoms in total. The molecule has 164 valence electrons. The topological polar surface area (TPSA) is 78.9 Å². The maximum Gasteiger partial charge on any atom is 0.261 e. The van der Waals surface area contributed by atoms with Crippen LogP contribution in [0.4, 0.5) is 0 Å². The summed E-state index contributed by atoms with van der Waals surface area (Å²) in [6.07, 6.45) is 1.97. The molecular formula is C28H25N3O2. The van der Waals surface area contributed by atoms with Crippen molar-refractivity contribution in [1.82, 2.24) is 9.55 Å². The van der Waals surface area contributed by atoms with Crippen LogP contribution in [0.5, 0.6) is 5.75 Å². The summed E-state index contributed by atoms with van der Waals surface area (Å²) >= 11 is 0. The summed E-state index contributed by atoms with van der Waals surface area (Å²) in [5.74, 6) is 0.748. The largest absolute Gasteiger partial charge is 0.508 e. The van der Waals surface area contributed by atoms with Crippen LogP contribution in [0.1, 0.15) is 41.6 Å². The van der Waals surface area contributed by atoms with Crippen molar-refractivity contribution in [1.29, 1.82) is 5.26 Å². The van der Waals surface area contributed by atoms with Crippen molar-refractivity contribution in [3.05, 3.63) is 111 Å². The van der Waals surface area contributed by atoms with Crippen molar-refractivity contribution in [3.63, 3.8) is 0 Å². The van der Waals surface area contributed by atoms with E-state index in [-0.39, 0.29) is 11.3 Å². The summed E-state index contributed by atoms with van der Waals surface area (Å²) in [7, 11) is 0. The van der Waals surface area contributed by atoms with Crippen LogP contribution in [0.15, 0.2) is 77.6 Å². The van der Waals surface area contributed by atoms with E-state index in [2.05, 4.69) is 13.0 Å². The molecule has 0 aliphatic rings. The van der Waals surface area contributed by atoms with E-state index in [1.165, 1.54) is 0 Å². The summed E-state index contributed by atoms with van der Waals surface area (Å²) in [6.45, 7) is 3.88. The molecule has 0 radical (unpaired) electrons. The number of aromatic hydroxyl groups is 1. The number of phenolic OH excluding ortho intramolecular Hbond substituents is 1. The Morgan fingerprint density at radius 1 is 1.03 bits per heavy atom. The molecule has 0 unspecified atom stereocenters. The SMILES string of the molecule is CCCc1nc(C)n(-c2ccc(O)cc2)c(=O)c1Cc1ccc(-c2ccccc2)c(C#N)c1. The van der Waals surface area contributed by atoms with Gasteiger partial charge in [-0.25, -0.2) is 4.98 Å². The molecule has 1 N–H and O–H groups in total. The average molecular weight is 436 g/mol. The highest BCUT2D eigenvalue weighted by Crippen LogP contribution is 2.25. The van der Waals surface area contributed by atoms with Gasteiger partial charge in [-0.1, -0.05) is 55.8 Å². The molecule has 33 heavy (non-hydrogen) atoms. The number of aromatic nitrogens is 2. The normalized spacial score (nSPS) is 10.7. The molecule has 3 aromatic carbocycles. The van der Waals surface area contributed by atoms with E-state index >= 15 is 0 Å². The van der Waals surface area contributed by atoms with Gasteiger partial charge in [-0.3, -0.25) is 9.36 Å². The molecule has 0 bridgehead atoms. The highest BCUT2D eigenvalue weighted by atomic mass is 16.3. The molecule has 4 rings (SSSR count). The van der Waals surface area contributed by atoms with E-state index < -0.39 is 0 Å². The second-order valence-corrected chi connectivity index (χ2v) is 8.03. The summed E-state index contributed by atoms with van der Waals surface area (Å²) in [5, 5.41) is 19.4. The third kappa shape index (κ3) is 4.56. The Morgan fingerprint density at radius 2 is 1.76 bits per heavy atom. The van der Waals surface area contributed by atoms with Crippen molar-refractivity contribution < 1.29 is 5.11 Å². The first-order chi connectivity index (χ1) is 16.0. The lowest BCUT2D eigenvalue weighted by Gasteiger charge is -2.16. The summed E-state index contributed by atoms with van der Waals surface area (Å²) in [4.78, 5) is 18.4. The summed E-state index contributed by atoms with van der Waals surface area (Å²) in [5.41, 5.74) is 5.29. The van der Waals surface area contributed by atoms with E-state index in [1.54, 1.807) is 28.8 Å². The molecule has 1 aromatic heterocycles. The summed E-state index contributed by atoms with van der Waals surface area (Å²) < 4.78 is 1.58. The van der Waals surface area contributed by atoms with Gasteiger partial charge in [0.05, 0.1) is 23.0 Å². The number of hydrogen-bond donors (Lipinski definition) is 1. The first-order valence-corrected chi connectivity index (χ1v) is 11.0. The fourth-order valence-electron chi connectivity index (χ4n) is 4.11. The minimum absolute atomic E-state index is 0.123. The van der Waals surface area contributed by atoms with Crippen molar-refractivity contribution in [2.24, 2.45) is 0 Å². The van der Waals surface area contributed by atoms with Crippen molar-refractivity contribution in [2.45, 2.75) is 33.1 Å². The molecule has 0 saturated carbocycles. The van der Waals surface area contributed by atoms with Gasteiger partial charge in [0, 0.05) is 12.0 Å². The predicted octanol–water partition coefficient (Wildman–Crippen LogP) is 5.33. The zero-order chi connectivity index (χ0) is 23.4. The number of nitriles is 1. The number of rotatable bonds is 6. The first kappa shape index (κ1) is 22.0. The van der Waals surface area contributed by atoms with E-state index in [9.17, 15) is 15.2 Å². The van der Waals surface area contributed by atoms with Gasteiger partial charge in [0.15, 0.2) is 0 Å². The quantitative estimate of drug-likeness (QED) is 0.444. The smallest absolute Gasteiger partial charge is 0.261 e. The average Bonchev–Trinajstić information content (AvgIpc) is 2.83. The molecule has 0 fully saturated rings. The maximum atomic E-state index is 13.6. The molecular weight excluding hydrogens is 410 g/mol. The van der Waals surface area contributed by atoms with Crippen LogP contribution in [-0.2, 0) is 12.8 Å². The Labute approximate surface area is 193 Å². The van der Waals surface area contributed by atoms with Gasteiger partial charge in [0.25, 0.3) is 5.56 Å². The molecule has 0 amide bonds. The van der Waals surface area contributed by atoms with Gasteiger partial charge in [-0.05, 0) is 60.4 Å². The Morgan fingerprint density at radius 3 is 2.42 bits per heavy atom. The third-order valence-corrected chi connectivity index (χ3v) is 5.69. The number of aryl methyl sites for hydroxylation is 2. The van der Waals surface area contributed by atoms with Gasteiger partial charge in [-0.2, -0.15) is 5.26 Å². The molecule has 1 heterocycles. The highest BCUT2D eigenvalue weighted by molar-refractivity contribution is 5.71. The van der Waals surface area contributed by atoms with Crippen LogP contribution in [0.25, 0.3) is 16.8 Å². The Kier molecular flexibility index (Phi) is 6.37. The second kappa shape index (κ2) is 9.54. The Bertz CT molecular complexity index is 1380.